The zero-order valence-corrected chi connectivity index (χ0v) is 21.1. The number of anilines is 2. The predicted octanol–water partition coefficient (Wildman–Crippen LogP) is 3.80. The van der Waals surface area contributed by atoms with Crippen LogP contribution in [0.1, 0.15) is 22.5 Å². The largest absolute Gasteiger partial charge is 0.379 e. The number of aliphatic imine (C=N–C) groups is 1. The van der Waals surface area contributed by atoms with Crippen molar-refractivity contribution in [3.05, 3.63) is 44.0 Å². The van der Waals surface area contributed by atoms with E-state index in [-0.39, 0.29) is 18.4 Å². The molecule has 2 aliphatic rings. The minimum absolute atomic E-state index is 0.0741. The molecule has 4 rings (SSSR count). The van der Waals surface area contributed by atoms with E-state index in [9.17, 15) is 9.59 Å². The molecule has 1 aromatic heterocycles. The Morgan fingerprint density at radius 1 is 1.24 bits per heavy atom. The van der Waals surface area contributed by atoms with Gasteiger partial charge in [-0.15, -0.1) is 11.3 Å². The molecule has 9 nitrogen and oxygen atoms in total. The number of carbonyl (C=O) groups is 2. The number of hydrogen-bond acceptors (Lipinski definition) is 7. The summed E-state index contributed by atoms with van der Waals surface area (Å²) in [5.74, 6) is -0.145. The molecule has 0 aliphatic carbocycles. The van der Waals surface area contributed by atoms with Crippen LogP contribution in [0.25, 0.3) is 0 Å². The fourth-order valence-electron chi connectivity index (χ4n) is 3.79. The first-order valence-electron chi connectivity index (χ1n) is 10.5. The van der Waals surface area contributed by atoms with Crippen molar-refractivity contribution < 1.29 is 19.1 Å². The maximum absolute atomic E-state index is 13.3. The maximum Gasteiger partial charge on any atom is 0.262 e. The van der Waals surface area contributed by atoms with Crippen molar-refractivity contribution in [2.24, 2.45) is 4.99 Å². The van der Waals surface area contributed by atoms with Gasteiger partial charge in [-0.25, -0.2) is 0 Å². The summed E-state index contributed by atoms with van der Waals surface area (Å²) < 4.78 is 11.8. The van der Waals surface area contributed by atoms with E-state index in [0.29, 0.717) is 66.3 Å². The van der Waals surface area contributed by atoms with Gasteiger partial charge in [0, 0.05) is 31.7 Å². The highest BCUT2D eigenvalue weighted by Crippen LogP contribution is 2.31. The highest BCUT2D eigenvalue weighted by atomic mass is 79.9. The normalized spacial score (nSPS) is 21.7. The fraction of sp³-hybridized carbons (Fsp3) is 0.364. The summed E-state index contributed by atoms with van der Waals surface area (Å²) >= 11 is 11.2. The number of nitrogens with zero attached hydrogens (tertiary/aromatic N) is 3. The van der Waals surface area contributed by atoms with Crippen LogP contribution in [0.3, 0.4) is 0 Å². The maximum atomic E-state index is 13.3. The topological polar surface area (TPSA) is 116 Å². The minimum atomic E-state index is -1.19. The summed E-state index contributed by atoms with van der Waals surface area (Å²) in [6.07, 6.45) is 2.67. The lowest BCUT2D eigenvalue weighted by Gasteiger charge is -2.28. The zero-order valence-electron chi connectivity index (χ0n) is 18.0. The van der Waals surface area contributed by atoms with E-state index < -0.39 is 5.54 Å². The predicted molar refractivity (Wildman–Crippen MR) is 134 cm³/mol. The van der Waals surface area contributed by atoms with E-state index in [4.69, 9.17) is 26.3 Å². The van der Waals surface area contributed by atoms with Crippen molar-refractivity contribution in [2.45, 2.75) is 18.4 Å². The third kappa shape index (κ3) is 5.42. The molecule has 2 amide bonds. The Kier molecular flexibility index (Phi) is 7.85. The van der Waals surface area contributed by atoms with Gasteiger partial charge < -0.3 is 25.0 Å². The van der Waals surface area contributed by atoms with Gasteiger partial charge in [0.15, 0.2) is 0 Å². The smallest absolute Gasteiger partial charge is 0.262 e. The van der Waals surface area contributed by atoms with E-state index in [1.165, 1.54) is 11.3 Å². The van der Waals surface area contributed by atoms with Crippen molar-refractivity contribution in [1.82, 2.24) is 5.32 Å². The number of ether oxygens (including phenoxy) is 2. The molecule has 2 aliphatic heterocycles. The molecular formula is C22H21BrClN5O4S. The number of nitrogens with one attached hydrogen (secondary N) is 2. The number of amides is 2. The van der Waals surface area contributed by atoms with Crippen LogP contribution in [-0.2, 0) is 14.3 Å². The lowest BCUT2D eigenvalue weighted by molar-refractivity contribution is -0.122. The second-order valence-electron chi connectivity index (χ2n) is 7.70. The number of halogens is 2. The van der Waals surface area contributed by atoms with Gasteiger partial charge >= 0.3 is 0 Å². The van der Waals surface area contributed by atoms with E-state index >= 15 is 0 Å². The average molecular weight is 567 g/mol. The van der Waals surface area contributed by atoms with Crippen LogP contribution in [0.15, 0.2) is 39.1 Å². The number of nitriles is 1. The highest BCUT2D eigenvalue weighted by Gasteiger charge is 2.44. The molecular weight excluding hydrogens is 546 g/mol. The monoisotopic (exact) mass is 565 g/mol. The first-order valence-corrected chi connectivity index (χ1v) is 12.5. The van der Waals surface area contributed by atoms with Crippen molar-refractivity contribution >= 4 is 67.9 Å². The Labute approximate surface area is 213 Å². The van der Waals surface area contributed by atoms with Crippen LogP contribution >= 0.6 is 38.9 Å². The third-order valence-electron chi connectivity index (χ3n) is 5.52. The molecule has 3 heterocycles. The number of thiophene rings is 1. The van der Waals surface area contributed by atoms with Crippen LogP contribution in [0, 0.1) is 11.5 Å². The lowest BCUT2D eigenvalue weighted by atomic mass is 9.97. The van der Waals surface area contributed by atoms with Gasteiger partial charge in [-0.1, -0.05) is 11.6 Å². The van der Waals surface area contributed by atoms with E-state index in [0.717, 1.165) is 3.79 Å². The summed E-state index contributed by atoms with van der Waals surface area (Å²) in [4.78, 5) is 32.2. The summed E-state index contributed by atoms with van der Waals surface area (Å²) in [6, 6.07) is 8.59. The third-order valence-corrected chi connectivity index (χ3v) is 7.45. The molecule has 0 unspecified atom stereocenters. The van der Waals surface area contributed by atoms with Crippen molar-refractivity contribution in [1.29, 1.82) is 5.26 Å². The van der Waals surface area contributed by atoms with Crippen LogP contribution in [0.2, 0.25) is 5.02 Å². The second kappa shape index (κ2) is 10.8. The molecule has 2 saturated heterocycles. The van der Waals surface area contributed by atoms with Gasteiger partial charge in [0.2, 0.25) is 6.19 Å². The van der Waals surface area contributed by atoms with Crippen molar-refractivity contribution in [3.8, 4) is 6.19 Å². The molecule has 0 bridgehead atoms. The van der Waals surface area contributed by atoms with Crippen molar-refractivity contribution in [2.75, 3.05) is 43.2 Å². The Morgan fingerprint density at radius 2 is 2.09 bits per heavy atom. The fourth-order valence-corrected chi connectivity index (χ4v) is 5.35. The molecule has 2 fully saturated rings. The van der Waals surface area contributed by atoms with Gasteiger partial charge in [-0.2, -0.15) is 10.3 Å². The number of hydrogen-bond donors (Lipinski definition) is 2. The first-order chi connectivity index (χ1) is 16.4. The SMILES string of the molecule is N#C/N=C1\CCOCCN1c1ccc(NC(=O)[C@]2(NC(=O)c3ccc(Br)s3)CCOC2)cc1Cl. The quantitative estimate of drug-likeness (QED) is 0.532. The summed E-state index contributed by atoms with van der Waals surface area (Å²) in [6.45, 7) is 1.88. The van der Waals surface area contributed by atoms with Crippen LogP contribution < -0.4 is 15.5 Å². The average Bonchev–Trinajstić information content (AvgIpc) is 3.40. The van der Waals surface area contributed by atoms with E-state index in [2.05, 4.69) is 31.6 Å². The number of carbonyl (C=O) groups excluding carboxylic acids is 2. The molecule has 0 radical (unpaired) electrons. The van der Waals surface area contributed by atoms with Gasteiger partial charge in [0.05, 0.1) is 39.2 Å². The molecule has 2 N–H and O–H groups in total. The van der Waals surface area contributed by atoms with Gasteiger partial charge in [-0.05, 0) is 46.3 Å². The van der Waals surface area contributed by atoms with E-state index in [1.807, 2.05) is 11.1 Å². The summed E-state index contributed by atoms with van der Waals surface area (Å²) in [5.41, 5.74) is -0.0504. The molecule has 0 saturated carbocycles. The molecule has 2 aromatic rings. The molecule has 34 heavy (non-hydrogen) atoms. The zero-order chi connectivity index (χ0) is 24.1. The Balaban J connectivity index is 1.51. The summed E-state index contributed by atoms with van der Waals surface area (Å²) in [5, 5.41) is 15.1. The van der Waals surface area contributed by atoms with Crippen molar-refractivity contribution in [3.63, 3.8) is 0 Å². The molecule has 0 spiro atoms. The minimum Gasteiger partial charge on any atom is -0.379 e. The lowest BCUT2D eigenvalue weighted by Crippen LogP contribution is -2.57. The molecule has 1 atom stereocenters. The van der Waals surface area contributed by atoms with Crippen LogP contribution in [0.5, 0.6) is 0 Å². The standard InChI is InChI=1S/C22H21BrClN5O4S/c23-18-4-3-17(34-18)20(30)28-22(6-9-33-12-22)21(31)27-14-1-2-16(15(24)11-14)29-7-10-32-8-5-19(29)26-13-25/h1-4,11H,5-10,12H2,(H,27,31)(H,28,30)/b26-19+/t22-/m0/s1. The molecule has 1 aromatic carbocycles. The second-order valence-corrected chi connectivity index (χ2v) is 10.6. The highest BCUT2D eigenvalue weighted by molar-refractivity contribution is 9.11. The first kappa shape index (κ1) is 24.6. The number of rotatable bonds is 5. The molecule has 178 valence electrons. The summed E-state index contributed by atoms with van der Waals surface area (Å²) in [7, 11) is 0. The number of amidine groups is 1. The Bertz CT molecular complexity index is 1160. The van der Waals surface area contributed by atoms with Crippen LogP contribution in [0.4, 0.5) is 11.4 Å². The number of benzene rings is 1. The molecule has 12 heteroatoms. The Morgan fingerprint density at radius 3 is 2.76 bits per heavy atom. The van der Waals surface area contributed by atoms with E-state index in [1.54, 1.807) is 30.3 Å². The van der Waals surface area contributed by atoms with Crippen LogP contribution in [-0.4, -0.2) is 56.2 Å². The van der Waals surface area contributed by atoms with Gasteiger partial charge in [-0.3, -0.25) is 9.59 Å². The Hall–Kier alpha value is -2.49. The van der Waals surface area contributed by atoms with Gasteiger partial charge in [0.1, 0.15) is 11.4 Å². The van der Waals surface area contributed by atoms with Gasteiger partial charge in [0.25, 0.3) is 11.8 Å².